The number of aryl methyl sites for hydroxylation is 1. The van der Waals surface area contributed by atoms with Gasteiger partial charge in [-0.1, -0.05) is 65.7 Å². The maximum Gasteiger partial charge on any atom is 0.243 e. The van der Waals surface area contributed by atoms with E-state index in [-0.39, 0.29) is 0 Å². The lowest BCUT2D eigenvalue weighted by atomic mass is 10.1. The highest BCUT2D eigenvalue weighted by Crippen LogP contribution is 2.28. The molecule has 0 fully saturated rings. The van der Waals surface area contributed by atoms with E-state index in [1.807, 2.05) is 80.6 Å². The second-order valence-corrected chi connectivity index (χ2v) is 9.93. The van der Waals surface area contributed by atoms with E-state index in [9.17, 15) is 8.42 Å². The molecule has 6 heteroatoms. The average Bonchev–Trinajstić information content (AvgIpc) is 2.82. The zero-order valence-electron chi connectivity index (χ0n) is 19.6. The fraction of sp³-hybridized carbons (Fsp3) is 0.259. The Kier molecular flexibility index (Phi) is 8.31. The summed E-state index contributed by atoms with van der Waals surface area (Å²) in [6, 6.07) is 22.6. The molecule has 0 aromatic heterocycles. The summed E-state index contributed by atoms with van der Waals surface area (Å²) in [5.41, 5.74) is 4.00. The highest BCUT2D eigenvalue weighted by atomic mass is 32.2. The maximum atomic E-state index is 13.5. The van der Waals surface area contributed by atoms with E-state index in [0.29, 0.717) is 35.9 Å². The van der Waals surface area contributed by atoms with Gasteiger partial charge in [-0.3, -0.25) is 0 Å². The second kappa shape index (κ2) is 11.2. The third-order valence-corrected chi connectivity index (χ3v) is 7.25. The molecule has 33 heavy (non-hydrogen) atoms. The first kappa shape index (κ1) is 24.6. The topological polar surface area (TPSA) is 55.8 Å². The average molecular weight is 466 g/mol. The van der Waals surface area contributed by atoms with Gasteiger partial charge in [0.05, 0.1) is 19.1 Å². The van der Waals surface area contributed by atoms with Gasteiger partial charge < -0.3 is 9.47 Å². The van der Waals surface area contributed by atoms with Crippen molar-refractivity contribution in [3.8, 4) is 11.5 Å². The number of hydrogen-bond donors (Lipinski definition) is 0. The van der Waals surface area contributed by atoms with Crippen LogP contribution in [0, 0.1) is 6.92 Å². The Morgan fingerprint density at radius 3 is 2.21 bits per heavy atom. The fourth-order valence-corrected chi connectivity index (χ4v) is 5.07. The van der Waals surface area contributed by atoms with Gasteiger partial charge in [0, 0.05) is 13.1 Å². The number of methoxy groups -OCH3 is 2. The molecule has 5 nitrogen and oxygen atoms in total. The molecule has 174 valence electrons. The Morgan fingerprint density at radius 1 is 0.909 bits per heavy atom. The predicted octanol–water partition coefficient (Wildman–Crippen LogP) is 5.35. The van der Waals surface area contributed by atoms with Crippen LogP contribution in [0.3, 0.4) is 0 Å². The molecule has 0 saturated heterocycles. The highest BCUT2D eigenvalue weighted by molar-refractivity contribution is 7.89. The minimum Gasteiger partial charge on any atom is -0.493 e. The summed E-state index contributed by atoms with van der Waals surface area (Å²) in [7, 11) is -0.484. The van der Waals surface area contributed by atoms with Gasteiger partial charge in [0.25, 0.3) is 0 Å². The van der Waals surface area contributed by atoms with Gasteiger partial charge in [-0.25, -0.2) is 8.42 Å². The van der Waals surface area contributed by atoms with Gasteiger partial charge in [0.2, 0.25) is 10.0 Å². The summed E-state index contributed by atoms with van der Waals surface area (Å²) in [6.45, 7) is 4.54. The first-order chi connectivity index (χ1) is 15.8. The van der Waals surface area contributed by atoms with Crippen LogP contribution in [0.15, 0.2) is 83.3 Å². The predicted molar refractivity (Wildman–Crippen MR) is 133 cm³/mol. The third kappa shape index (κ3) is 6.46. The Bertz CT molecular complexity index is 1190. The molecular weight excluding hydrogens is 434 g/mol. The lowest BCUT2D eigenvalue weighted by molar-refractivity contribution is 0.354. The quantitative estimate of drug-likeness (QED) is 0.405. The minimum atomic E-state index is -3.67. The lowest BCUT2D eigenvalue weighted by Gasteiger charge is -2.23. The number of ether oxygens (including phenoxy) is 2. The molecule has 0 bridgehead atoms. The molecule has 0 aliphatic rings. The number of nitrogens with zero attached hydrogens (tertiary/aromatic N) is 1. The van der Waals surface area contributed by atoms with Gasteiger partial charge in [0.15, 0.2) is 11.5 Å². The third-order valence-electron chi connectivity index (χ3n) is 5.39. The van der Waals surface area contributed by atoms with Crippen molar-refractivity contribution in [2.24, 2.45) is 0 Å². The van der Waals surface area contributed by atoms with E-state index in [0.717, 1.165) is 22.3 Å². The Morgan fingerprint density at radius 2 is 1.58 bits per heavy atom. The van der Waals surface area contributed by atoms with Gasteiger partial charge in [-0.05, 0) is 55.7 Å². The van der Waals surface area contributed by atoms with Crippen LogP contribution in [-0.2, 0) is 16.4 Å². The first-order valence-corrected chi connectivity index (χ1v) is 12.3. The maximum absolute atomic E-state index is 13.5. The van der Waals surface area contributed by atoms with Crippen LogP contribution in [0.25, 0.3) is 6.08 Å². The standard InChI is InChI=1S/C27H31NO4S/c1-21-10-13-25(14-11-21)33(29,30)28(20-22(2)18-23-8-6-5-7-9-23)17-16-24-12-15-26(31-3)27(19-24)32-4/h5-15,18-19H,16-17,20H2,1-4H3/b22-18+. The molecule has 0 spiro atoms. The molecule has 3 rings (SSSR count). The van der Waals surface area contributed by atoms with Crippen molar-refractivity contribution in [2.75, 3.05) is 27.3 Å². The first-order valence-electron chi connectivity index (χ1n) is 10.8. The van der Waals surface area contributed by atoms with E-state index in [1.165, 1.54) is 0 Å². The van der Waals surface area contributed by atoms with Crippen LogP contribution in [0.4, 0.5) is 0 Å². The molecule has 0 atom stereocenters. The normalized spacial score (nSPS) is 12.1. The Labute approximate surface area is 197 Å². The molecule has 0 N–H and O–H groups in total. The number of sulfonamides is 1. The second-order valence-electron chi connectivity index (χ2n) is 7.99. The van der Waals surface area contributed by atoms with E-state index in [2.05, 4.69) is 0 Å². The molecule has 0 aliphatic heterocycles. The van der Waals surface area contributed by atoms with Crippen molar-refractivity contribution in [1.29, 1.82) is 0 Å². The van der Waals surface area contributed by atoms with Crippen LogP contribution in [-0.4, -0.2) is 40.0 Å². The van der Waals surface area contributed by atoms with Crippen molar-refractivity contribution in [3.05, 3.63) is 95.1 Å². The van der Waals surface area contributed by atoms with Crippen LogP contribution in [0.5, 0.6) is 11.5 Å². The largest absolute Gasteiger partial charge is 0.493 e. The zero-order valence-corrected chi connectivity index (χ0v) is 20.4. The summed E-state index contributed by atoms with van der Waals surface area (Å²) in [5, 5.41) is 0. The van der Waals surface area contributed by atoms with Gasteiger partial charge in [-0.2, -0.15) is 4.31 Å². The van der Waals surface area contributed by atoms with Crippen LogP contribution in [0.2, 0.25) is 0 Å². The molecule has 3 aromatic rings. The molecule has 0 aliphatic carbocycles. The summed E-state index contributed by atoms with van der Waals surface area (Å²) >= 11 is 0. The Balaban J connectivity index is 1.88. The van der Waals surface area contributed by atoms with Gasteiger partial charge >= 0.3 is 0 Å². The smallest absolute Gasteiger partial charge is 0.243 e. The summed E-state index contributed by atoms with van der Waals surface area (Å²) in [4.78, 5) is 0.299. The zero-order chi connectivity index (χ0) is 23.8. The monoisotopic (exact) mass is 465 g/mol. The van der Waals surface area contributed by atoms with Crippen molar-refractivity contribution in [2.45, 2.75) is 25.2 Å². The SMILES string of the molecule is COc1ccc(CCN(C/C(C)=C/c2ccccc2)S(=O)(=O)c2ccc(C)cc2)cc1OC. The molecule has 3 aromatic carbocycles. The van der Waals surface area contributed by atoms with Crippen molar-refractivity contribution >= 4 is 16.1 Å². The molecule has 0 unspecified atom stereocenters. The van der Waals surface area contributed by atoms with E-state index >= 15 is 0 Å². The van der Waals surface area contributed by atoms with Crippen LogP contribution in [0.1, 0.15) is 23.6 Å². The number of rotatable bonds is 10. The van der Waals surface area contributed by atoms with Gasteiger partial charge in [0.1, 0.15) is 0 Å². The van der Waals surface area contributed by atoms with E-state index in [4.69, 9.17) is 9.47 Å². The van der Waals surface area contributed by atoms with Crippen molar-refractivity contribution in [1.82, 2.24) is 4.31 Å². The van der Waals surface area contributed by atoms with Crippen molar-refractivity contribution in [3.63, 3.8) is 0 Å². The van der Waals surface area contributed by atoms with Crippen LogP contribution < -0.4 is 9.47 Å². The highest BCUT2D eigenvalue weighted by Gasteiger charge is 2.24. The number of benzene rings is 3. The fourth-order valence-electron chi connectivity index (χ4n) is 3.59. The molecule has 0 saturated carbocycles. The summed E-state index contributed by atoms with van der Waals surface area (Å²) < 4.78 is 39.3. The Hall–Kier alpha value is -3.09. The number of hydrogen-bond acceptors (Lipinski definition) is 4. The van der Waals surface area contributed by atoms with E-state index in [1.54, 1.807) is 30.7 Å². The summed E-state index contributed by atoms with van der Waals surface area (Å²) in [6.07, 6.45) is 2.57. The molecule has 0 amide bonds. The van der Waals surface area contributed by atoms with Crippen molar-refractivity contribution < 1.29 is 17.9 Å². The minimum absolute atomic E-state index is 0.299. The van der Waals surface area contributed by atoms with E-state index < -0.39 is 10.0 Å². The molecular formula is C27H31NO4S. The van der Waals surface area contributed by atoms with Crippen LogP contribution >= 0.6 is 0 Å². The van der Waals surface area contributed by atoms with Gasteiger partial charge in [-0.15, -0.1) is 0 Å². The molecule has 0 radical (unpaired) electrons. The lowest BCUT2D eigenvalue weighted by Crippen LogP contribution is -2.34. The molecule has 0 heterocycles. The summed E-state index contributed by atoms with van der Waals surface area (Å²) in [5.74, 6) is 1.27.